The lowest BCUT2D eigenvalue weighted by Crippen LogP contribution is -2.17. The van der Waals surface area contributed by atoms with Crippen molar-refractivity contribution in [1.29, 1.82) is 0 Å². The first kappa shape index (κ1) is 9.04. The van der Waals surface area contributed by atoms with Crippen LogP contribution in [0.25, 0.3) is 0 Å². The van der Waals surface area contributed by atoms with Gasteiger partial charge in [0.15, 0.2) is 11.5 Å². The lowest BCUT2D eigenvalue weighted by atomic mass is 10.0. The highest BCUT2D eigenvalue weighted by molar-refractivity contribution is 5.44. The molecule has 1 atom stereocenters. The third-order valence-electron chi connectivity index (χ3n) is 3.08. The molecule has 2 N–H and O–H groups in total. The Labute approximate surface area is 89.2 Å². The van der Waals surface area contributed by atoms with Crippen molar-refractivity contribution in [3.05, 3.63) is 23.8 Å². The van der Waals surface area contributed by atoms with Gasteiger partial charge in [-0.1, -0.05) is 6.07 Å². The van der Waals surface area contributed by atoms with Crippen molar-refractivity contribution in [2.45, 2.75) is 18.9 Å². The van der Waals surface area contributed by atoms with Crippen LogP contribution < -0.4 is 15.2 Å². The summed E-state index contributed by atoms with van der Waals surface area (Å²) >= 11 is 0. The summed E-state index contributed by atoms with van der Waals surface area (Å²) in [7, 11) is 0. The van der Waals surface area contributed by atoms with Crippen molar-refractivity contribution in [2.24, 2.45) is 11.7 Å². The molecule has 1 aliphatic heterocycles. The van der Waals surface area contributed by atoms with Gasteiger partial charge in [0, 0.05) is 6.04 Å². The van der Waals surface area contributed by atoms with Crippen molar-refractivity contribution in [1.82, 2.24) is 0 Å². The average molecular weight is 205 g/mol. The van der Waals surface area contributed by atoms with E-state index in [1.165, 1.54) is 18.4 Å². The van der Waals surface area contributed by atoms with Crippen LogP contribution in [0.15, 0.2) is 18.2 Å². The van der Waals surface area contributed by atoms with Gasteiger partial charge in [-0.15, -0.1) is 0 Å². The van der Waals surface area contributed by atoms with Gasteiger partial charge < -0.3 is 15.2 Å². The number of ether oxygens (including phenoxy) is 2. The Hall–Kier alpha value is -1.22. The number of benzene rings is 1. The molecule has 1 fully saturated rings. The smallest absolute Gasteiger partial charge is 0.161 e. The first-order valence-corrected chi connectivity index (χ1v) is 5.50. The van der Waals surface area contributed by atoms with Gasteiger partial charge in [0.05, 0.1) is 0 Å². The maximum Gasteiger partial charge on any atom is 0.161 e. The molecule has 0 bridgehead atoms. The van der Waals surface area contributed by atoms with Crippen molar-refractivity contribution >= 4 is 0 Å². The van der Waals surface area contributed by atoms with E-state index in [4.69, 9.17) is 15.2 Å². The zero-order valence-electron chi connectivity index (χ0n) is 8.61. The Morgan fingerprint density at radius 1 is 1.13 bits per heavy atom. The van der Waals surface area contributed by atoms with Crippen LogP contribution in [-0.2, 0) is 0 Å². The largest absolute Gasteiger partial charge is 0.486 e. The molecule has 3 heteroatoms. The van der Waals surface area contributed by atoms with E-state index in [0.29, 0.717) is 19.1 Å². The third-order valence-corrected chi connectivity index (χ3v) is 3.08. The highest BCUT2D eigenvalue weighted by atomic mass is 16.6. The van der Waals surface area contributed by atoms with Gasteiger partial charge in [0.1, 0.15) is 13.2 Å². The molecule has 1 aromatic carbocycles. The zero-order chi connectivity index (χ0) is 10.3. The molecule has 80 valence electrons. The Morgan fingerprint density at radius 2 is 1.87 bits per heavy atom. The van der Waals surface area contributed by atoms with Crippen molar-refractivity contribution in [3.63, 3.8) is 0 Å². The normalized spacial score (nSPS) is 21.1. The van der Waals surface area contributed by atoms with Gasteiger partial charge in [-0.25, -0.2) is 0 Å². The van der Waals surface area contributed by atoms with Crippen molar-refractivity contribution in [2.75, 3.05) is 13.2 Å². The zero-order valence-corrected chi connectivity index (χ0v) is 8.61. The number of fused-ring (bicyclic) bond motifs is 1. The Balaban J connectivity index is 1.89. The fraction of sp³-hybridized carbons (Fsp3) is 0.500. The van der Waals surface area contributed by atoms with E-state index < -0.39 is 0 Å². The summed E-state index contributed by atoms with van der Waals surface area (Å²) in [6.07, 6.45) is 2.52. The molecule has 0 amide bonds. The van der Waals surface area contributed by atoms with Gasteiger partial charge in [0.25, 0.3) is 0 Å². The standard InChI is InChI=1S/C12H15NO2/c13-12(8-1-2-8)9-3-4-10-11(7-9)15-6-5-14-10/h3-4,7-8,12H,1-2,5-6,13H2/t12-/m0/s1. The second-order valence-corrected chi connectivity index (χ2v) is 4.27. The van der Waals surface area contributed by atoms with Crippen LogP contribution in [0.4, 0.5) is 0 Å². The van der Waals surface area contributed by atoms with Crippen LogP contribution in [0, 0.1) is 5.92 Å². The second-order valence-electron chi connectivity index (χ2n) is 4.27. The molecule has 3 rings (SSSR count). The maximum absolute atomic E-state index is 6.14. The first-order valence-electron chi connectivity index (χ1n) is 5.50. The van der Waals surface area contributed by atoms with Crippen LogP contribution in [0.2, 0.25) is 0 Å². The molecule has 3 nitrogen and oxygen atoms in total. The number of hydrogen-bond acceptors (Lipinski definition) is 3. The molecular weight excluding hydrogens is 190 g/mol. The lowest BCUT2D eigenvalue weighted by molar-refractivity contribution is 0.171. The van der Waals surface area contributed by atoms with Crippen molar-refractivity contribution in [3.8, 4) is 11.5 Å². The summed E-state index contributed by atoms with van der Waals surface area (Å²) in [5.41, 5.74) is 7.31. The van der Waals surface area contributed by atoms with E-state index >= 15 is 0 Å². The van der Waals surface area contributed by atoms with E-state index in [1.807, 2.05) is 12.1 Å². The second kappa shape index (κ2) is 3.42. The Bertz CT molecular complexity index is 374. The third kappa shape index (κ3) is 1.67. The molecule has 0 radical (unpaired) electrons. The van der Waals surface area contributed by atoms with Crippen LogP contribution in [-0.4, -0.2) is 13.2 Å². The molecule has 1 aliphatic carbocycles. The topological polar surface area (TPSA) is 44.5 Å². The van der Waals surface area contributed by atoms with Gasteiger partial charge in [-0.05, 0) is 36.5 Å². The summed E-state index contributed by atoms with van der Waals surface area (Å²) in [5.74, 6) is 2.36. The lowest BCUT2D eigenvalue weighted by Gasteiger charge is -2.20. The number of nitrogens with two attached hydrogens (primary N) is 1. The predicted octanol–water partition coefficient (Wildman–Crippen LogP) is 1.87. The summed E-state index contributed by atoms with van der Waals surface area (Å²) in [5, 5.41) is 0. The number of rotatable bonds is 2. The molecule has 1 saturated carbocycles. The van der Waals surface area contributed by atoms with E-state index in [1.54, 1.807) is 0 Å². The summed E-state index contributed by atoms with van der Waals surface area (Å²) < 4.78 is 11.0. The summed E-state index contributed by atoms with van der Waals surface area (Å²) in [6, 6.07) is 6.21. The van der Waals surface area contributed by atoms with E-state index in [0.717, 1.165) is 11.5 Å². The summed E-state index contributed by atoms with van der Waals surface area (Å²) in [6.45, 7) is 1.27. The monoisotopic (exact) mass is 205 g/mol. The highest BCUT2D eigenvalue weighted by Gasteiger charge is 2.30. The quantitative estimate of drug-likeness (QED) is 0.801. The van der Waals surface area contributed by atoms with Crippen LogP contribution in [0.5, 0.6) is 11.5 Å². The van der Waals surface area contributed by atoms with E-state index in [9.17, 15) is 0 Å². The van der Waals surface area contributed by atoms with Crippen LogP contribution in [0.1, 0.15) is 24.4 Å². The molecule has 2 aliphatic rings. The number of hydrogen-bond donors (Lipinski definition) is 1. The van der Waals surface area contributed by atoms with E-state index in [2.05, 4.69) is 6.07 Å². The average Bonchev–Trinajstić information content (AvgIpc) is 3.11. The highest BCUT2D eigenvalue weighted by Crippen LogP contribution is 2.41. The molecule has 0 aromatic heterocycles. The van der Waals surface area contributed by atoms with Crippen LogP contribution >= 0.6 is 0 Å². The minimum Gasteiger partial charge on any atom is -0.486 e. The van der Waals surface area contributed by atoms with Gasteiger partial charge >= 0.3 is 0 Å². The Kier molecular flexibility index (Phi) is 2.06. The SMILES string of the molecule is N[C@H](c1ccc2c(c1)OCCO2)C1CC1. The van der Waals surface area contributed by atoms with Gasteiger partial charge in [-0.3, -0.25) is 0 Å². The molecule has 0 unspecified atom stereocenters. The van der Waals surface area contributed by atoms with Crippen molar-refractivity contribution < 1.29 is 9.47 Å². The first-order chi connectivity index (χ1) is 7.34. The predicted molar refractivity (Wildman–Crippen MR) is 57.1 cm³/mol. The molecule has 15 heavy (non-hydrogen) atoms. The molecule has 0 saturated heterocycles. The molecular formula is C12H15NO2. The van der Waals surface area contributed by atoms with E-state index in [-0.39, 0.29) is 6.04 Å². The van der Waals surface area contributed by atoms with Gasteiger partial charge in [-0.2, -0.15) is 0 Å². The fourth-order valence-corrected chi connectivity index (χ4v) is 1.99. The molecule has 1 aromatic rings. The Morgan fingerprint density at radius 3 is 2.60 bits per heavy atom. The minimum atomic E-state index is 0.167. The fourth-order valence-electron chi connectivity index (χ4n) is 1.99. The minimum absolute atomic E-state index is 0.167. The maximum atomic E-state index is 6.14. The molecule has 0 spiro atoms. The van der Waals surface area contributed by atoms with Crippen LogP contribution in [0.3, 0.4) is 0 Å². The summed E-state index contributed by atoms with van der Waals surface area (Å²) in [4.78, 5) is 0. The van der Waals surface area contributed by atoms with Gasteiger partial charge in [0.2, 0.25) is 0 Å². The molecule has 1 heterocycles.